The highest BCUT2D eigenvalue weighted by molar-refractivity contribution is 6.68. The molecule has 82 valence electrons. The van der Waals surface area contributed by atoms with Crippen molar-refractivity contribution < 1.29 is 9.53 Å². The summed E-state index contributed by atoms with van der Waals surface area (Å²) in [6.45, 7) is 0. The first-order valence-corrected chi connectivity index (χ1v) is 5.29. The zero-order valence-corrected chi connectivity index (χ0v) is 10.2. The predicted octanol–water partition coefficient (Wildman–Crippen LogP) is 3.31. The molecule has 0 radical (unpaired) electrons. The molecular weight excluding hydrogens is 258 g/mol. The van der Waals surface area contributed by atoms with E-state index in [1.54, 1.807) is 24.3 Å². The molecule has 1 aromatic rings. The Morgan fingerprint density at radius 2 is 1.80 bits per heavy atom. The van der Waals surface area contributed by atoms with Crippen LogP contribution in [0.4, 0.5) is 0 Å². The van der Waals surface area contributed by atoms with Gasteiger partial charge in [0.2, 0.25) is 3.79 Å². The first kappa shape index (κ1) is 12.6. The standard InChI is InChI=1S/C10H9Cl3O2/c1-15-9(14)8(10(11,12)13)7-5-3-2-4-6-7/h2-6,8H,1H3. The number of ether oxygens (including phenoxy) is 1. The molecule has 0 amide bonds. The van der Waals surface area contributed by atoms with Crippen molar-refractivity contribution in [2.24, 2.45) is 0 Å². The van der Waals surface area contributed by atoms with E-state index >= 15 is 0 Å². The molecule has 0 bridgehead atoms. The van der Waals surface area contributed by atoms with Crippen molar-refractivity contribution in [2.45, 2.75) is 9.71 Å². The fourth-order valence-electron chi connectivity index (χ4n) is 1.22. The SMILES string of the molecule is COC(=O)C(c1ccccc1)C(Cl)(Cl)Cl. The summed E-state index contributed by atoms with van der Waals surface area (Å²) in [4.78, 5) is 11.5. The number of methoxy groups -OCH3 is 1. The number of halogens is 3. The van der Waals surface area contributed by atoms with Gasteiger partial charge in [-0.2, -0.15) is 0 Å². The maximum absolute atomic E-state index is 11.5. The Kier molecular flexibility index (Phi) is 4.26. The number of hydrogen-bond donors (Lipinski definition) is 0. The van der Waals surface area contributed by atoms with Gasteiger partial charge in [-0.3, -0.25) is 4.79 Å². The van der Waals surface area contributed by atoms with Gasteiger partial charge in [0, 0.05) is 0 Å². The zero-order chi connectivity index (χ0) is 11.5. The molecule has 0 aliphatic rings. The highest BCUT2D eigenvalue weighted by atomic mass is 35.6. The third-order valence-corrected chi connectivity index (χ3v) is 2.55. The molecule has 1 aromatic carbocycles. The fraction of sp³-hybridized carbons (Fsp3) is 0.300. The normalized spacial score (nSPS) is 13.3. The second-order valence-corrected chi connectivity index (χ2v) is 5.28. The molecule has 0 aromatic heterocycles. The minimum absolute atomic E-state index is 0.568. The summed E-state index contributed by atoms with van der Waals surface area (Å²) in [6.07, 6.45) is 0. The fourth-order valence-corrected chi connectivity index (χ4v) is 1.87. The van der Waals surface area contributed by atoms with Crippen molar-refractivity contribution in [1.29, 1.82) is 0 Å². The van der Waals surface area contributed by atoms with E-state index < -0.39 is 15.7 Å². The number of carbonyl (C=O) groups is 1. The summed E-state index contributed by atoms with van der Waals surface area (Å²) < 4.78 is 2.89. The average Bonchev–Trinajstić information content (AvgIpc) is 2.17. The zero-order valence-electron chi connectivity index (χ0n) is 7.91. The molecule has 0 saturated carbocycles. The minimum atomic E-state index is -1.71. The lowest BCUT2D eigenvalue weighted by molar-refractivity contribution is -0.142. The molecule has 5 heteroatoms. The third-order valence-electron chi connectivity index (χ3n) is 1.90. The van der Waals surface area contributed by atoms with Crippen LogP contribution in [0.2, 0.25) is 0 Å². The van der Waals surface area contributed by atoms with E-state index in [1.165, 1.54) is 7.11 Å². The maximum atomic E-state index is 11.5. The van der Waals surface area contributed by atoms with Gasteiger partial charge in [-0.05, 0) is 5.56 Å². The monoisotopic (exact) mass is 266 g/mol. The molecule has 0 saturated heterocycles. The summed E-state index contributed by atoms with van der Waals surface area (Å²) in [5.41, 5.74) is 0.615. The van der Waals surface area contributed by atoms with E-state index in [0.717, 1.165) is 0 Å². The minimum Gasteiger partial charge on any atom is -0.468 e. The van der Waals surface area contributed by atoms with Gasteiger partial charge in [0.15, 0.2) is 0 Å². The third kappa shape index (κ3) is 3.26. The molecule has 0 aliphatic heterocycles. The van der Waals surface area contributed by atoms with E-state index in [0.29, 0.717) is 5.56 Å². The van der Waals surface area contributed by atoms with E-state index in [9.17, 15) is 4.79 Å². The van der Waals surface area contributed by atoms with Crippen molar-refractivity contribution in [3.8, 4) is 0 Å². The van der Waals surface area contributed by atoms with Gasteiger partial charge in [0.05, 0.1) is 7.11 Å². The van der Waals surface area contributed by atoms with Crippen LogP contribution in [-0.4, -0.2) is 16.9 Å². The largest absolute Gasteiger partial charge is 0.468 e. The van der Waals surface area contributed by atoms with Crippen LogP contribution >= 0.6 is 34.8 Å². The molecule has 2 nitrogen and oxygen atoms in total. The van der Waals surface area contributed by atoms with E-state index in [-0.39, 0.29) is 0 Å². The molecule has 0 spiro atoms. The number of alkyl halides is 3. The molecule has 0 N–H and O–H groups in total. The molecule has 1 atom stereocenters. The highest BCUT2D eigenvalue weighted by Crippen LogP contribution is 2.42. The van der Waals surface area contributed by atoms with E-state index in [4.69, 9.17) is 34.8 Å². The van der Waals surface area contributed by atoms with E-state index in [2.05, 4.69) is 4.74 Å². The van der Waals surface area contributed by atoms with Gasteiger partial charge in [-0.1, -0.05) is 65.1 Å². The lowest BCUT2D eigenvalue weighted by Gasteiger charge is -2.22. The Morgan fingerprint density at radius 3 is 2.20 bits per heavy atom. The van der Waals surface area contributed by atoms with Gasteiger partial charge in [-0.15, -0.1) is 0 Å². The number of carbonyl (C=O) groups excluding carboxylic acids is 1. The first-order chi connectivity index (χ1) is 6.96. The van der Waals surface area contributed by atoms with Crippen LogP contribution in [0.5, 0.6) is 0 Å². The van der Waals surface area contributed by atoms with Crippen LogP contribution in [0.3, 0.4) is 0 Å². The van der Waals surface area contributed by atoms with Crippen LogP contribution in [0.15, 0.2) is 30.3 Å². The predicted molar refractivity (Wildman–Crippen MR) is 61.5 cm³/mol. The molecule has 15 heavy (non-hydrogen) atoms. The summed E-state index contributed by atoms with van der Waals surface area (Å²) in [5, 5.41) is 0. The Bertz CT molecular complexity index is 332. The van der Waals surface area contributed by atoms with Gasteiger partial charge in [0.25, 0.3) is 0 Å². The van der Waals surface area contributed by atoms with Gasteiger partial charge >= 0.3 is 5.97 Å². The van der Waals surface area contributed by atoms with Gasteiger partial charge < -0.3 is 4.74 Å². The van der Waals surface area contributed by atoms with Crippen LogP contribution < -0.4 is 0 Å². The van der Waals surface area contributed by atoms with Gasteiger partial charge in [0.1, 0.15) is 5.92 Å². The van der Waals surface area contributed by atoms with Gasteiger partial charge in [-0.25, -0.2) is 0 Å². The molecule has 1 rings (SSSR count). The lowest BCUT2D eigenvalue weighted by Crippen LogP contribution is -2.26. The van der Waals surface area contributed by atoms with Crippen LogP contribution in [-0.2, 0) is 9.53 Å². The second kappa shape index (κ2) is 5.06. The number of benzene rings is 1. The lowest BCUT2D eigenvalue weighted by atomic mass is 10.0. The smallest absolute Gasteiger partial charge is 0.317 e. The first-order valence-electron chi connectivity index (χ1n) is 4.16. The summed E-state index contributed by atoms with van der Waals surface area (Å²) in [7, 11) is 1.26. The van der Waals surface area contributed by atoms with Crippen molar-refractivity contribution in [3.63, 3.8) is 0 Å². The molecule has 1 unspecified atom stereocenters. The highest BCUT2D eigenvalue weighted by Gasteiger charge is 2.40. The maximum Gasteiger partial charge on any atom is 0.317 e. The molecule has 0 aliphatic carbocycles. The van der Waals surface area contributed by atoms with E-state index in [1.807, 2.05) is 6.07 Å². The quantitative estimate of drug-likeness (QED) is 0.607. The van der Waals surface area contributed by atoms with Crippen LogP contribution in [0, 0.1) is 0 Å². The Balaban J connectivity index is 3.08. The Labute approximate surface area is 103 Å². The molecular formula is C10H9Cl3O2. The Hall–Kier alpha value is -0.440. The molecule has 0 fully saturated rings. The van der Waals surface area contributed by atoms with Crippen molar-refractivity contribution in [1.82, 2.24) is 0 Å². The summed E-state index contributed by atoms with van der Waals surface area (Å²) >= 11 is 17.2. The number of hydrogen-bond acceptors (Lipinski definition) is 2. The number of rotatable bonds is 2. The molecule has 0 heterocycles. The second-order valence-electron chi connectivity index (χ2n) is 2.91. The van der Waals surface area contributed by atoms with Crippen molar-refractivity contribution >= 4 is 40.8 Å². The summed E-state index contributed by atoms with van der Waals surface area (Å²) in [6, 6.07) is 8.77. The number of esters is 1. The average molecular weight is 268 g/mol. The van der Waals surface area contributed by atoms with Crippen molar-refractivity contribution in [3.05, 3.63) is 35.9 Å². The van der Waals surface area contributed by atoms with Crippen LogP contribution in [0.1, 0.15) is 11.5 Å². The van der Waals surface area contributed by atoms with Crippen molar-refractivity contribution in [2.75, 3.05) is 7.11 Å². The topological polar surface area (TPSA) is 26.3 Å². The Morgan fingerprint density at radius 1 is 1.27 bits per heavy atom. The van der Waals surface area contributed by atoms with Crippen LogP contribution in [0.25, 0.3) is 0 Å². The summed E-state index contributed by atoms with van der Waals surface area (Å²) in [5.74, 6) is -1.48.